The van der Waals surface area contributed by atoms with E-state index in [2.05, 4.69) is 18.7 Å². The van der Waals surface area contributed by atoms with Crippen LogP contribution in [-0.2, 0) is 0 Å². The van der Waals surface area contributed by atoms with Crippen LogP contribution in [0.5, 0.6) is 0 Å². The van der Waals surface area contributed by atoms with Crippen LogP contribution < -0.4 is 5.73 Å². The normalized spacial score (nSPS) is 21.9. The maximum absolute atomic E-state index is 9.27. The standard InChI is InChI=1S/C13H28N2O/c1-11(2)8-15(9-13(3,14)10-16)12-6-4-5-7-12/h11-12,16H,4-10,14H2,1-3H3. The molecule has 1 aliphatic carbocycles. The molecule has 1 saturated carbocycles. The van der Waals surface area contributed by atoms with Crippen molar-refractivity contribution in [1.29, 1.82) is 0 Å². The van der Waals surface area contributed by atoms with Crippen molar-refractivity contribution in [2.75, 3.05) is 19.7 Å². The van der Waals surface area contributed by atoms with Crippen LogP contribution in [-0.4, -0.2) is 41.3 Å². The van der Waals surface area contributed by atoms with Crippen LogP contribution in [0, 0.1) is 5.92 Å². The highest BCUT2D eigenvalue weighted by molar-refractivity contribution is 4.87. The first-order valence-electron chi connectivity index (χ1n) is 6.58. The van der Waals surface area contributed by atoms with E-state index in [9.17, 15) is 5.11 Å². The SMILES string of the molecule is CC(C)CN(CC(C)(N)CO)C1CCCC1. The smallest absolute Gasteiger partial charge is 0.0621 e. The molecular weight excluding hydrogens is 200 g/mol. The summed E-state index contributed by atoms with van der Waals surface area (Å²) in [5.74, 6) is 0.662. The van der Waals surface area contributed by atoms with E-state index in [-0.39, 0.29) is 6.61 Å². The van der Waals surface area contributed by atoms with E-state index in [1.807, 2.05) is 6.92 Å². The Morgan fingerprint density at radius 2 is 1.94 bits per heavy atom. The second kappa shape index (κ2) is 5.99. The second-order valence-electron chi connectivity index (χ2n) is 6.07. The van der Waals surface area contributed by atoms with Gasteiger partial charge in [0.2, 0.25) is 0 Å². The molecule has 0 amide bonds. The predicted octanol–water partition coefficient (Wildman–Crippen LogP) is 1.60. The van der Waals surface area contributed by atoms with Gasteiger partial charge in [0, 0.05) is 24.7 Å². The Labute approximate surface area is 100 Å². The van der Waals surface area contributed by atoms with Crippen molar-refractivity contribution >= 4 is 0 Å². The minimum Gasteiger partial charge on any atom is -0.394 e. The lowest BCUT2D eigenvalue weighted by molar-refractivity contribution is 0.107. The highest BCUT2D eigenvalue weighted by Crippen LogP contribution is 2.25. The van der Waals surface area contributed by atoms with Gasteiger partial charge in [0.15, 0.2) is 0 Å². The molecule has 0 heterocycles. The molecule has 1 aliphatic rings. The summed E-state index contributed by atoms with van der Waals surface area (Å²) in [6.45, 7) is 8.40. The molecule has 16 heavy (non-hydrogen) atoms. The van der Waals surface area contributed by atoms with Crippen molar-refractivity contribution in [3.05, 3.63) is 0 Å². The van der Waals surface area contributed by atoms with Crippen LogP contribution >= 0.6 is 0 Å². The van der Waals surface area contributed by atoms with Crippen LogP contribution in [0.4, 0.5) is 0 Å². The lowest BCUT2D eigenvalue weighted by atomic mass is 10.0. The van der Waals surface area contributed by atoms with Gasteiger partial charge in [-0.2, -0.15) is 0 Å². The van der Waals surface area contributed by atoms with E-state index in [0.29, 0.717) is 12.0 Å². The van der Waals surface area contributed by atoms with Crippen molar-refractivity contribution in [3.8, 4) is 0 Å². The summed E-state index contributed by atoms with van der Waals surface area (Å²) in [4.78, 5) is 2.49. The van der Waals surface area contributed by atoms with Crippen LogP contribution in [0.3, 0.4) is 0 Å². The van der Waals surface area contributed by atoms with E-state index in [0.717, 1.165) is 13.1 Å². The third kappa shape index (κ3) is 4.40. The number of aliphatic hydroxyl groups excluding tert-OH is 1. The Bertz CT molecular complexity index is 198. The Hall–Kier alpha value is -0.120. The topological polar surface area (TPSA) is 49.5 Å². The van der Waals surface area contributed by atoms with Crippen molar-refractivity contribution in [2.24, 2.45) is 11.7 Å². The van der Waals surface area contributed by atoms with Gasteiger partial charge in [-0.05, 0) is 25.7 Å². The fourth-order valence-electron chi connectivity index (χ4n) is 2.60. The molecule has 96 valence electrons. The maximum atomic E-state index is 9.27. The molecule has 0 bridgehead atoms. The fourth-order valence-corrected chi connectivity index (χ4v) is 2.60. The first-order valence-corrected chi connectivity index (χ1v) is 6.58. The summed E-state index contributed by atoms with van der Waals surface area (Å²) in [5.41, 5.74) is 5.61. The molecule has 1 unspecified atom stereocenters. The molecule has 0 saturated heterocycles. The third-order valence-electron chi connectivity index (χ3n) is 3.37. The molecule has 0 aromatic carbocycles. The van der Waals surface area contributed by atoms with Crippen LogP contribution in [0.1, 0.15) is 46.5 Å². The van der Waals surface area contributed by atoms with Gasteiger partial charge in [-0.3, -0.25) is 4.90 Å². The monoisotopic (exact) mass is 228 g/mol. The number of aliphatic hydroxyl groups is 1. The predicted molar refractivity (Wildman–Crippen MR) is 68.3 cm³/mol. The lowest BCUT2D eigenvalue weighted by Crippen LogP contribution is -2.53. The van der Waals surface area contributed by atoms with E-state index in [1.54, 1.807) is 0 Å². The molecule has 3 N–H and O–H groups in total. The number of nitrogens with zero attached hydrogens (tertiary/aromatic N) is 1. The highest BCUT2D eigenvalue weighted by atomic mass is 16.3. The molecule has 3 nitrogen and oxygen atoms in total. The van der Waals surface area contributed by atoms with Crippen molar-refractivity contribution in [1.82, 2.24) is 4.90 Å². The minimum absolute atomic E-state index is 0.0638. The molecule has 1 fully saturated rings. The van der Waals surface area contributed by atoms with E-state index < -0.39 is 5.54 Å². The molecular formula is C13H28N2O. The van der Waals surface area contributed by atoms with Crippen molar-refractivity contribution in [2.45, 2.75) is 58.0 Å². The summed E-state index contributed by atoms with van der Waals surface area (Å²) in [6.07, 6.45) is 5.29. The molecule has 3 heteroatoms. The minimum atomic E-state index is -0.461. The van der Waals surface area contributed by atoms with Crippen molar-refractivity contribution < 1.29 is 5.11 Å². The van der Waals surface area contributed by atoms with Crippen LogP contribution in [0.15, 0.2) is 0 Å². The Morgan fingerprint density at radius 1 is 1.38 bits per heavy atom. The molecule has 1 rings (SSSR count). The van der Waals surface area contributed by atoms with Gasteiger partial charge >= 0.3 is 0 Å². The summed E-state index contributed by atoms with van der Waals surface area (Å²) in [6, 6.07) is 0.692. The first-order chi connectivity index (χ1) is 7.44. The molecule has 0 aromatic heterocycles. The van der Waals surface area contributed by atoms with Gasteiger partial charge < -0.3 is 10.8 Å². The number of hydrogen-bond donors (Lipinski definition) is 2. The zero-order chi connectivity index (χ0) is 12.2. The van der Waals surface area contributed by atoms with E-state index >= 15 is 0 Å². The summed E-state index contributed by atoms with van der Waals surface area (Å²) >= 11 is 0. The quantitative estimate of drug-likeness (QED) is 0.726. The summed E-state index contributed by atoms with van der Waals surface area (Å²) in [5, 5.41) is 9.27. The molecule has 0 radical (unpaired) electrons. The number of nitrogens with two attached hydrogens (primary N) is 1. The van der Waals surface area contributed by atoms with Gasteiger partial charge in [0.25, 0.3) is 0 Å². The van der Waals surface area contributed by atoms with E-state index in [1.165, 1.54) is 25.7 Å². The van der Waals surface area contributed by atoms with Crippen molar-refractivity contribution in [3.63, 3.8) is 0 Å². The number of hydrogen-bond acceptors (Lipinski definition) is 3. The van der Waals surface area contributed by atoms with Crippen LogP contribution in [0.25, 0.3) is 0 Å². The summed E-state index contributed by atoms with van der Waals surface area (Å²) in [7, 11) is 0. The molecule has 0 aromatic rings. The third-order valence-corrected chi connectivity index (χ3v) is 3.37. The molecule has 0 aliphatic heterocycles. The zero-order valence-electron chi connectivity index (χ0n) is 11.1. The van der Waals surface area contributed by atoms with Gasteiger partial charge in [-0.25, -0.2) is 0 Å². The average Bonchev–Trinajstić information content (AvgIpc) is 2.68. The first kappa shape index (κ1) is 13.9. The molecule has 1 atom stereocenters. The number of rotatable bonds is 6. The Balaban J connectivity index is 2.55. The van der Waals surface area contributed by atoms with Gasteiger partial charge in [-0.1, -0.05) is 26.7 Å². The Morgan fingerprint density at radius 3 is 2.38 bits per heavy atom. The Kier molecular flexibility index (Phi) is 5.22. The van der Waals surface area contributed by atoms with Crippen LogP contribution in [0.2, 0.25) is 0 Å². The second-order valence-corrected chi connectivity index (χ2v) is 6.07. The molecule has 0 spiro atoms. The highest BCUT2D eigenvalue weighted by Gasteiger charge is 2.28. The maximum Gasteiger partial charge on any atom is 0.0621 e. The van der Waals surface area contributed by atoms with Gasteiger partial charge in [0.1, 0.15) is 0 Å². The van der Waals surface area contributed by atoms with Gasteiger partial charge in [-0.15, -0.1) is 0 Å². The largest absolute Gasteiger partial charge is 0.394 e. The zero-order valence-corrected chi connectivity index (χ0v) is 11.1. The average molecular weight is 228 g/mol. The summed E-state index contributed by atoms with van der Waals surface area (Å²) < 4.78 is 0. The lowest BCUT2D eigenvalue weighted by Gasteiger charge is -2.36. The van der Waals surface area contributed by atoms with E-state index in [4.69, 9.17) is 5.73 Å². The van der Waals surface area contributed by atoms with Gasteiger partial charge in [0.05, 0.1) is 6.61 Å². The fraction of sp³-hybridized carbons (Fsp3) is 1.00.